The van der Waals surface area contributed by atoms with E-state index in [0.29, 0.717) is 11.4 Å². The van der Waals surface area contributed by atoms with E-state index in [1.165, 1.54) is 6.07 Å². The Bertz CT molecular complexity index is 1080. The number of nitrogens with zero attached hydrogens (tertiary/aromatic N) is 1. The van der Waals surface area contributed by atoms with Gasteiger partial charge in [0.2, 0.25) is 0 Å². The van der Waals surface area contributed by atoms with E-state index >= 15 is 0 Å². The quantitative estimate of drug-likeness (QED) is 0.270. The van der Waals surface area contributed by atoms with Gasteiger partial charge < -0.3 is 15.2 Å². The van der Waals surface area contributed by atoms with E-state index in [1.54, 1.807) is 60.7 Å². The van der Waals surface area contributed by atoms with Crippen LogP contribution in [0.25, 0.3) is 0 Å². The summed E-state index contributed by atoms with van der Waals surface area (Å²) in [7, 11) is -4.94. The molecule has 3 aromatic carbocycles. The molecular formula is C18H14N3NaO5S. The van der Waals surface area contributed by atoms with Crippen LogP contribution < -0.4 is 40.2 Å². The van der Waals surface area contributed by atoms with Crippen molar-refractivity contribution in [1.82, 2.24) is 0 Å². The van der Waals surface area contributed by atoms with E-state index < -0.39 is 25.6 Å². The summed E-state index contributed by atoms with van der Waals surface area (Å²) in [5, 5.41) is 17.1. The molecule has 0 saturated heterocycles. The van der Waals surface area contributed by atoms with Crippen LogP contribution in [0.1, 0.15) is 0 Å². The normalized spacial score (nSPS) is 10.6. The Balaban J connectivity index is 0.00000280. The number of anilines is 4. The molecule has 2 N–H and O–H groups in total. The summed E-state index contributed by atoms with van der Waals surface area (Å²) in [6.45, 7) is 0. The van der Waals surface area contributed by atoms with Crippen molar-refractivity contribution in [3.63, 3.8) is 0 Å². The van der Waals surface area contributed by atoms with E-state index in [0.717, 1.165) is 6.07 Å². The fraction of sp³-hybridized carbons (Fsp3) is 0. The molecule has 0 aliphatic rings. The number of hydrogen-bond donors (Lipinski definition) is 2. The molecule has 0 unspecified atom stereocenters. The van der Waals surface area contributed by atoms with Gasteiger partial charge in [0.1, 0.15) is 15.8 Å². The van der Waals surface area contributed by atoms with Crippen LogP contribution in [-0.2, 0) is 10.1 Å². The number of para-hydroxylation sites is 2. The maximum absolute atomic E-state index is 11.6. The van der Waals surface area contributed by atoms with Gasteiger partial charge in [0.25, 0.3) is 5.69 Å². The third-order valence-electron chi connectivity index (χ3n) is 3.67. The van der Waals surface area contributed by atoms with Gasteiger partial charge in [0.15, 0.2) is 0 Å². The third kappa shape index (κ3) is 5.31. The van der Waals surface area contributed by atoms with Crippen molar-refractivity contribution in [1.29, 1.82) is 0 Å². The van der Waals surface area contributed by atoms with Crippen molar-refractivity contribution in [2.75, 3.05) is 10.6 Å². The summed E-state index contributed by atoms with van der Waals surface area (Å²) in [5.74, 6) is 0. The van der Waals surface area contributed by atoms with Gasteiger partial charge in [-0.3, -0.25) is 10.1 Å². The van der Waals surface area contributed by atoms with E-state index in [4.69, 9.17) is 0 Å². The maximum atomic E-state index is 11.6. The average Bonchev–Trinajstić information content (AvgIpc) is 2.62. The van der Waals surface area contributed by atoms with Crippen molar-refractivity contribution in [2.24, 2.45) is 0 Å². The molecule has 0 spiro atoms. The fourth-order valence-corrected chi connectivity index (χ4v) is 3.11. The minimum absolute atomic E-state index is 0. The number of nitro groups is 1. The van der Waals surface area contributed by atoms with E-state index in [-0.39, 0.29) is 40.9 Å². The van der Waals surface area contributed by atoms with Crippen LogP contribution in [0.2, 0.25) is 0 Å². The van der Waals surface area contributed by atoms with Crippen LogP contribution >= 0.6 is 0 Å². The van der Waals surface area contributed by atoms with Crippen LogP contribution in [-0.4, -0.2) is 17.9 Å². The summed E-state index contributed by atoms with van der Waals surface area (Å²) in [6, 6.07) is 19.2. The molecule has 0 radical (unpaired) electrons. The van der Waals surface area contributed by atoms with E-state index in [1.807, 2.05) is 0 Å². The summed E-state index contributed by atoms with van der Waals surface area (Å²) >= 11 is 0. The Morgan fingerprint density at radius 2 is 1.25 bits per heavy atom. The van der Waals surface area contributed by atoms with Gasteiger partial charge in [-0.15, -0.1) is 0 Å². The second-order valence-corrected chi connectivity index (χ2v) is 6.91. The van der Waals surface area contributed by atoms with Gasteiger partial charge in [0.05, 0.1) is 15.5 Å². The molecule has 0 aliphatic carbocycles. The zero-order valence-electron chi connectivity index (χ0n) is 14.8. The van der Waals surface area contributed by atoms with Crippen LogP contribution in [0.5, 0.6) is 0 Å². The van der Waals surface area contributed by atoms with Gasteiger partial charge in [-0.05, 0) is 30.3 Å². The average molecular weight is 407 g/mol. The maximum Gasteiger partial charge on any atom is 1.00 e. The zero-order valence-corrected chi connectivity index (χ0v) is 17.6. The largest absolute Gasteiger partial charge is 1.00 e. The zero-order chi connectivity index (χ0) is 19.4. The van der Waals surface area contributed by atoms with Crippen LogP contribution in [0.4, 0.5) is 28.4 Å². The molecule has 3 rings (SSSR count). The smallest absolute Gasteiger partial charge is 0.744 e. The molecular weight excluding hydrogens is 393 g/mol. The molecule has 138 valence electrons. The Kier molecular flexibility index (Phi) is 7.17. The monoisotopic (exact) mass is 407 g/mol. The Labute approximate surface area is 183 Å². The van der Waals surface area contributed by atoms with Crippen molar-refractivity contribution >= 4 is 38.6 Å². The van der Waals surface area contributed by atoms with Crippen molar-refractivity contribution in [2.45, 2.75) is 4.90 Å². The van der Waals surface area contributed by atoms with Gasteiger partial charge in [-0.2, -0.15) is 0 Å². The predicted molar refractivity (Wildman–Crippen MR) is 101 cm³/mol. The van der Waals surface area contributed by atoms with Gasteiger partial charge in [-0.1, -0.05) is 36.4 Å². The molecule has 3 aromatic rings. The molecule has 0 atom stereocenters. The topological polar surface area (TPSA) is 124 Å². The van der Waals surface area contributed by atoms with Crippen molar-refractivity contribution in [3.8, 4) is 0 Å². The Morgan fingerprint density at radius 3 is 1.68 bits per heavy atom. The third-order valence-corrected chi connectivity index (χ3v) is 4.55. The molecule has 0 saturated carbocycles. The molecule has 0 fully saturated rings. The molecule has 10 heteroatoms. The van der Waals surface area contributed by atoms with E-state index in [2.05, 4.69) is 10.6 Å². The first-order valence-corrected chi connectivity index (χ1v) is 9.18. The van der Waals surface area contributed by atoms with Gasteiger partial charge in [-0.25, -0.2) is 8.42 Å². The molecule has 0 aliphatic heterocycles. The Morgan fingerprint density at radius 1 is 0.786 bits per heavy atom. The molecule has 0 bridgehead atoms. The minimum atomic E-state index is -4.94. The second kappa shape index (κ2) is 9.18. The number of nitrogens with one attached hydrogen (secondary N) is 2. The van der Waals surface area contributed by atoms with Gasteiger partial charge >= 0.3 is 29.6 Å². The van der Waals surface area contributed by atoms with Crippen LogP contribution in [0.3, 0.4) is 0 Å². The fourth-order valence-electron chi connectivity index (χ4n) is 2.48. The number of hydrogen-bond acceptors (Lipinski definition) is 7. The summed E-state index contributed by atoms with van der Waals surface area (Å²) in [6.07, 6.45) is 0. The number of nitro benzene ring substituents is 1. The SMILES string of the molecule is O=[N+]([O-])c1cc(S(=O)(=O)[O-])c(Nc2ccccc2)cc1Nc1ccccc1.[Na+]. The van der Waals surface area contributed by atoms with E-state index in [9.17, 15) is 23.1 Å². The standard InChI is InChI=1S/C18H15N3O5S.Na/c22-21(23)17-12-18(27(24,25)26)16(20-14-9-5-2-6-10-14)11-15(17)19-13-7-3-1-4-8-13;/h1-12,19-20H,(H,24,25,26);/q;+1/p-1. The first-order chi connectivity index (χ1) is 12.8. The second-order valence-electron chi connectivity index (χ2n) is 5.56. The predicted octanol–water partition coefficient (Wildman–Crippen LogP) is 0.990. The summed E-state index contributed by atoms with van der Waals surface area (Å²) in [4.78, 5) is 9.97. The van der Waals surface area contributed by atoms with Crippen molar-refractivity contribution < 1.29 is 47.5 Å². The first kappa shape index (κ1) is 21.9. The summed E-state index contributed by atoms with van der Waals surface area (Å²) < 4.78 is 34.9. The first-order valence-electron chi connectivity index (χ1n) is 7.77. The molecule has 8 nitrogen and oxygen atoms in total. The Hall–Kier alpha value is -2.43. The minimum Gasteiger partial charge on any atom is -0.744 e. The number of benzene rings is 3. The number of rotatable bonds is 6. The molecule has 28 heavy (non-hydrogen) atoms. The molecule has 0 heterocycles. The molecule has 0 aromatic heterocycles. The molecule has 0 amide bonds. The van der Waals surface area contributed by atoms with Crippen molar-refractivity contribution in [3.05, 3.63) is 82.9 Å². The van der Waals surface area contributed by atoms with Crippen LogP contribution in [0, 0.1) is 10.1 Å². The van der Waals surface area contributed by atoms with Gasteiger partial charge in [0, 0.05) is 17.4 Å². The summed E-state index contributed by atoms with van der Waals surface area (Å²) in [5.41, 5.74) is 0.579. The van der Waals surface area contributed by atoms with Crippen LogP contribution in [0.15, 0.2) is 77.7 Å².